The zero-order chi connectivity index (χ0) is 8.97. The summed E-state index contributed by atoms with van der Waals surface area (Å²) < 4.78 is 0.979. The van der Waals surface area contributed by atoms with Gasteiger partial charge in [-0.2, -0.15) is 0 Å². The highest BCUT2D eigenvalue weighted by atomic mass is 79.9. The van der Waals surface area contributed by atoms with Gasteiger partial charge in [-0.25, -0.2) is 9.97 Å². The zero-order valence-electron chi connectivity index (χ0n) is 7.21. The molecule has 1 aromatic heterocycles. The van der Waals surface area contributed by atoms with Crippen LogP contribution >= 0.6 is 15.9 Å². The van der Waals surface area contributed by atoms with Gasteiger partial charge in [-0.05, 0) is 29.9 Å². The van der Waals surface area contributed by atoms with Crippen LogP contribution in [0, 0.1) is 0 Å². The summed E-state index contributed by atoms with van der Waals surface area (Å²) in [5.74, 6) is 0. The van der Waals surface area contributed by atoms with E-state index in [0.29, 0.717) is 6.04 Å². The largest absolute Gasteiger partial charge is 0.317 e. The van der Waals surface area contributed by atoms with E-state index >= 15 is 0 Å². The predicted octanol–water partition coefficient (Wildman–Crippen LogP) is 1.39. The van der Waals surface area contributed by atoms with Gasteiger partial charge >= 0.3 is 0 Å². The van der Waals surface area contributed by atoms with E-state index in [1.54, 1.807) is 12.5 Å². The Hall–Kier alpha value is -0.480. The number of hydrogen-bond donors (Lipinski definition) is 1. The summed E-state index contributed by atoms with van der Waals surface area (Å²) in [6.07, 6.45) is 4.26. The molecule has 0 saturated carbocycles. The fourth-order valence-corrected chi connectivity index (χ4v) is 1.26. The Morgan fingerprint density at radius 1 is 1.67 bits per heavy atom. The fraction of sp³-hybridized carbons (Fsp3) is 0.500. The molecule has 0 aliphatic heterocycles. The van der Waals surface area contributed by atoms with Crippen LogP contribution in [0.1, 0.15) is 12.6 Å². The second-order valence-electron chi connectivity index (χ2n) is 2.71. The van der Waals surface area contributed by atoms with E-state index in [2.05, 4.69) is 38.1 Å². The minimum absolute atomic E-state index is 0.441. The Morgan fingerprint density at radius 2 is 2.42 bits per heavy atom. The maximum absolute atomic E-state index is 4.17. The molecule has 66 valence electrons. The first-order chi connectivity index (χ1) is 5.74. The molecule has 1 aromatic rings. The molecule has 0 radical (unpaired) electrons. The molecule has 0 aromatic carbocycles. The second-order valence-corrected chi connectivity index (χ2v) is 3.57. The molecule has 12 heavy (non-hydrogen) atoms. The van der Waals surface area contributed by atoms with Crippen molar-refractivity contribution in [3.05, 3.63) is 22.7 Å². The number of halogens is 1. The molecule has 3 nitrogen and oxygen atoms in total. The van der Waals surface area contributed by atoms with Crippen molar-refractivity contribution in [1.29, 1.82) is 0 Å². The molecule has 0 spiro atoms. The molecule has 1 rings (SSSR count). The van der Waals surface area contributed by atoms with E-state index in [-0.39, 0.29) is 0 Å². The monoisotopic (exact) mass is 229 g/mol. The van der Waals surface area contributed by atoms with E-state index < -0.39 is 0 Å². The molecule has 0 fully saturated rings. The van der Waals surface area contributed by atoms with Crippen LogP contribution in [-0.4, -0.2) is 23.1 Å². The molecular formula is C8H12BrN3. The number of hydrogen-bond acceptors (Lipinski definition) is 3. The average molecular weight is 230 g/mol. The minimum atomic E-state index is 0.441. The van der Waals surface area contributed by atoms with Crippen LogP contribution in [0.5, 0.6) is 0 Å². The molecular weight excluding hydrogens is 218 g/mol. The van der Waals surface area contributed by atoms with Crippen molar-refractivity contribution in [3.8, 4) is 0 Å². The van der Waals surface area contributed by atoms with Crippen molar-refractivity contribution in [2.75, 3.05) is 7.05 Å². The molecule has 0 aliphatic rings. The van der Waals surface area contributed by atoms with Gasteiger partial charge in [0.05, 0.1) is 10.2 Å². The number of rotatable bonds is 3. The standard InChI is InChI=1S/C8H12BrN3/c1-6(10-2)3-8-7(9)4-11-5-12-8/h4-6,10H,3H2,1-2H3. The predicted molar refractivity (Wildman–Crippen MR) is 52.0 cm³/mol. The highest BCUT2D eigenvalue weighted by Gasteiger charge is 2.04. The maximum Gasteiger partial charge on any atom is 0.115 e. The summed E-state index contributed by atoms with van der Waals surface area (Å²) in [6, 6.07) is 0.441. The third-order valence-corrected chi connectivity index (χ3v) is 2.40. The van der Waals surface area contributed by atoms with E-state index in [0.717, 1.165) is 16.6 Å². The van der Waals surface area contributed by atoms with Crippen molar-refractivity contribution in [3.63, 3.8) is 0 Å². The average Bonchev–Trinajstić information content (AvgIpc) is 2.09. The first kappa shape index (κ1) is 9.61. The van der Waals surface area contributed by atoms with Crippen molar-refractivity contribution in [2.24, 2.45) is 0 Å². The quantitative estimate of drug-likeness (QED) is 0.852. The molecule has 4 heteroatoms. The lowest BCUT2D eigenvalue weighted by atomic mass is 10.2. The zero-order valence-corrected chi connectivity index (χ0v) is 8.80. The van der Waals surface area contributed by atoms with Gasteiger partial charge in [-0.15, -0.1) is 0 Å². The number of aromatic nitrogens is 2. The van der Waals surface area contributed by atoms with E-state index in [1.807, 2.05) is 7.05 Å². The number of nitrogens with zero attached hydrogens (tertiary/aromatic N) is 2. The Balaban J connectivity index is 2.69. The van der Waals surface area contributed by atoms with Gasteiger partial charge in [0.25, 0.3) is 0 Å². The SMILES string of the molecule is CNC(C)Cc1ncncc1Br. The summed E-state index contributed by atoms with van der Waals surface area (Å²) >= 11 is 3.40. The summed E-state index contributed by atoms with van der Waals surface area (Å²) in [6.45, 7) is 2.12. The van der Waals surface area contributed by atoms with Crippen molar-refractivity contribution < 1.29 is 0 Å². The molecule has 0 saturated heterocycles. The Morgan fingerprint density at radius 3 is 3.00 bits per heavy atom. The van der Waals surface area contributed by atoms with E-state index in [4.69, 9.17) is 0 Å². The third kappa shape index (κ3) is 2.53. The van der Waals surface area contributed by atoms with Crippen LogP contribution in [0.15, 0.2) is 17.0 Å². The smallest absolute Gasteiger partial charge is 0.115 e. The lowest BCUT2D eigenvalue weighted by Gasteiger charge is -2.09. The first-order valence-corrected chi connectivity index (χ1v) is 4.65. The second kappa shape index (κ2) is 4.52. The van der Waals surface area contributed by atoms with Gasteiger partial charge in [0.2, 0.25) is 0 Å². The molecule has 1 unspecified atom stereocenters. The molecule has 1 atom stereocenters. The van der Waals surface area contributed by atoms with Crippen LogP contribution in [0.3, 0.4) is 0 Å². The van der Waals surface area contributed by atoms with Crippen LogP contribution in [0.4, 0.5) is 0 Å². The number of nitrogens with one attached hydrogen (secondary N) is 1. The van der Waals surface area contributed by atoms with Crippen LogP contribution < -0.4 is 5.32 Å². The van der Waals surface area contributed by atoms with Gasteiger partial charge < -0.3 is 5.32 Å². The van der Waals surface area contributed by atoms with Crippen LogP contribution in [-0.2, 0) is 6.42 Å². The fourth-order valence-electron chi connectivity index (χ4n) is 0.880. The normalized spacial score (nSPS) is 12.9. The lowest BCUT2D eigenvalue weighted by molar-refractivity contribution is 0.598. The maximum atomic E-state index is 4.17. The first-order valence-electron chi connectivity index (χ1n) is 3.85. The van der Waals surface area contributed by atoms with Crippen LogP contribution in [0.25, 0.3) is 0 Å². The van der Waals surface area contributed by atoms with Crippen molar-refractivity contribution in [1.82, 2.24) is 15.3 Å². The van der Waals surface area contributed by atoms with Crippen LogP contribution in [0.2, 0.25) is 0 Å². The lowest BCUT2D eigenvalue weighted by Crippen LogP contribution is -2.24. The molecule has 1 heterocycles. The molecule has 1 N–H and O–H groups in total. The Bertz CT molecular complexity index is 252. The summed E-state index contributed by atoms with van der Waals surface area (Å²) in [5.41, 5.74) is 1.05. The summed E-state index contributed by atoms with van der Waals surface area (Å²) in [7, 11) is 1.94. The summed E-state index contributed by atoms with van der Waals surface area (Å²) in [4.78, 5) is 8.07. The Kier molecular flexibility index (Phi) is 3.62. The van der Waals surface area contributed by atoms with E-state index in [1.165, 1.54) is 0 Å². The third-order valence-electron chi connectivity index (χ3n) is 1.74. The van der Waals surface area contributed by atoms with Gasteiger partial charge in [0, 0.05) is 18.7 Å². The highest BCUT2D eigenvalue weighted by molar-refractivity contribution is 9.10. The summed E-state index contributed by atoms with van der Waals surface area (Å²) in [5, 5.41) is 3.16. The highest BCUT2D eigenvalue weighted by Crippen LogP contribution is 2.13. The van der Waals surface area contributed by atoms with Crippen molar-refractivity contribution in [2.45, 2.75) is 19.4 Å². The molecule has 0 amide bonds. The van der Waals surface area contributed by atoms with Gasteiger partial charge in [-0.3, -0.25) is 0 Å². The number of likely N-dealkylation sites (N-methyl/N-ethyl adjacent to an activating group) is 1. The van der Waals surface area contributed by atoms with Gasteiger partial charge in [0.15, 0.2) is 0 Å². The minimum Gasteiger partial charge on any atom is -0.317 e. The van der Waals surface area contributed by atoms with Gasteiger partial charge in [-0.1, -0.05) is 0 Å². The Labute approximate surface area is 80.7 Å². The van der Waals surface area contributed by atoms with Gasteiger partial charge in [0.1, 0.15) is 6.33 Å². The molecule has 0 aliphatic carbocycles. The van der Waals surface area contributed by atoms with E-state index in [9.17, 15) is 0 Å². The topological polar surface area (TPSA) is 37.8 Å². The van der Waals surface area contributed by atoms with Crippen molar-refractivity contribution >= 4 is 15.9 Å². The molecule has 0 bridgehead atoms.